The summed E-state index contributed by atoms with van der Waals surface area (Å²) in [5, 5.41) is 8.85. The first-order valence-corrected chi connectivity index (χ1v) is 8.74. The Hall–Kier alpha value is -2.22. The van der Waals surface area contributed by atoms with E-state index in [4.69, 9.17) is 0 Å². The summed E-state index contributed by atoms with van der Waals surface area (Å²) in [5.74, 6) is 3.37. The fourth-order valence-electron chi connectivity index (χ4n) is 3.33. The SMILES string of the molecule is Cc1nccn1Cc1nnc([C@H]2CCCN(CC(=O)N(C)C)C2)n1C. The van der Waals surface area contributed by atoms with Crippen LogP contribution in [0.15, 0.2) is 12.4 Å². The molecule has 2 aromatic rings. The third kappa shape index (κ3) is 3.89. The molecule has 3 rings (SSSR count). The summed E-state index contributed by atoms with van der Waals surface area (Å²) < 4.78 is 4.16. The molecule has 0 N–H and O–H groups in total. The van der Waals surface area contributed by atoms with Gasteiger partial charge in [-0.15, -0.1) is 10.2 Å². The smallest absolute Gasteiger partial charge is 0.236 e. The van der Waals surface area contributed by atoms with Crippen LogP contribution in [-0.2, 0) is 18.4 Å². The van der Waals surface area contributed by atoms with E-state index >= 15 is 0 Å². The van der Waals surface area contributed by atoms with Crippen LogP contribution in [0.4, 0.5) is 0 Å². The number of aromatic nitrogens is 5. The molecule has 0 aliphatic carbocycles. The van der Waals surface area contributed by atoms with Gasteiger partial charge in [0.05, 0.1) is 13.1 Å². The normalized spacial score (nSPS) is 18.5. The predicted octanol–water partition coefficient (Wildman–Crippen LogP) is 0.636. The van der Waals surface area contributed by atoms with Gasteiger partial charge in [0.25, 0.3) is 0 Å². The van der Waals surface area contributed by atoms with Crippen LogP contribution < -0.4 is 0 Å². The third-order valence-electron chi connectivity index (χ3n) is 4.96. The monoisotopic (exact) mass is 345 g/mol. The van der Waals surface area contributed by atoms with Gasteiger partial charge in [-0.05, 0) is 26.3 Å². The van der Waals surface area contributed by atoms with Crippen LogP contribution in [-0.4, -0.2) is 73.8 Å². The molecule has 0 aromatic carbocycles. The molecular weight excluding hydrogens is 318 g/mol. The van der Waals surface area contributed by atoms with Gasteiger partial charge in [0, 0.05) is 46.0 Å². The quantitative estimate of drug-likeness (QED) is 0.795. The van der Waals surface area contributed by atoms with E-state index in [2.05, 4.69) is 29.2 Å². The first-order chi connectivity index (χ1) is 12.0. The zero-order valence-corrected chi connectivity index (χ0v) is 15.5. The number of likely N-dealkylation sites (N-methyl/N-ethyl adjacent to an activating group) is 1. The van der Waals surface area contributed by atoms with Crippen LogP contribution in [0.25, 0.3) is 0 Å². The average Bonchev–Trinajstić information content (AvgIpc) is 3.15. The number of nitrogens with zero attached hydrogens (tertiary/aromatic N) is 7. The van der Waals surface area contributed by atoms with Crippen molar-refractivity contribution >= 4 is 5.91 Å². The molecule has 1 fully saturated rings. The molecule has 0 bridgehead atoms. The Morgan fingerprint density at radius 1 is 1.36 bits per heavy atom. The highest BCUT2D eigenvalue weighted by molar-refractivity contribution is 5.77. The largest absolute Gasteiger partial charge is 0.348 e. The summed E-state index contributed by atoms with van der Waals surface area (Å²) >= 11 is 0. The van der Waals surface area contributed by atoms with Gasteiger partial charge in [0.1, 0.15) is 11.6 Å². The Morgan fingerprint density at radius 3 is 2.84 bits per heavy atom. The molecule has 0 radical (unpaired) electrons. The number of hydrogen-bond donors (Lipinski definition) is 0. The highest BCUT2D eigenvalue weighted by atomic mass is 16.2. The molecule has 1 aliphatic heterocycles. The number of piperidine rings is 1. The second kappa shape index (κ2) is 7.35. The molecule has 1 atom stereocenters. The Bertz CT molecular complexity index is 733. The van der Waals surface area contributed by atoms with Gasteiger partial charge in [0.15, 0.2) is 5.82 Å². The fraction of sp³-hybridized carbons (Fsp3) is 0.647. The molecule has 1 amide bonds. The number of likely N-dealkylation sites (tertiary alicyclic amines) is 1. The predicted molar refractivity (Wildman–Crippen MR) is 94.2 cm³/mol. The van der Waals surface area contributed by atoms with Crippen molar-refractivity contribution in [3.05, 3.63) is 29.9 Å². The maximum absolute atomic E-state index is 12.0. The Kier molecular flexibility index (Phi) is 5.17. The highest BCUT2D eigenvalue weighted by Gasteiger charge is 2.27. The summed E-state index contributed by atoms with van der Waals surface area (Å²) in [7, 11) is 5.63. The molecule has 1 saturated heterocycles. The van der Waals surface area contributed by atoms with Crippen LogP contribution in [0.3, 0.4) is 0 Å². The molecule has 0 unspecified atom stereocenters. The second-order valence-corrected chi connectivity index (χ2v) is 7.00. The molecule has 0 spiro atoms. The summed E-state index contributed by atoms with van der Waals surface area (Å²) in [6.45, 7) is 4.95. The number of carbonyl (C=O) groups excluding carboxylic acids is 1. The zero-order chi connectivity index (χ0) is 18.0. The van der Waals surface area contributed by atoms with Crippen molar-refractivity contribution in [2.24, 2.45) is 7.05 Å². The lowest BCUT2D eigenvalue weighted by Crippen LogP contribution is -2.42. The number of aryl methyl sites for hydroxylation is 1. The Labute approximate surface area is 148 Å². The van der Waals surface area contributed by atoms with E-state index in [0.29, 0.717) is 19.0 Å². The number of amides is 1. The Balaban J connectivity index is 1.69. The molecule has 1 aliphatic rings. The van der Waals surface area contributed by atoms with E-state index in [-0.39, 0.29) is 5.91 Å². The molecule has 8 heteroatoms. The van der Waals surface area contributed by atoms with Crippen molar-refractivity contribution in [2.45, 2.75) is 32.2 Å². The molecule has 136 valence electrons. The van der Waals surface area contributed by atoms with E-state index in [1.165, 1.54) is 0 Å². The molecule has 3 heterocycles. The lowest BCUT2D eigenvalue weighted by atomic mass is 9.97. The second-order valence-electron chi connectivity index (χ2n) is 7.00. The minimum absolute atomic E-state index is 0.148. The van der Waals surface area contributed by atoms with Gasteiger partial charge in [-0.25, -0.2) is 4.98 Å². The minimum atomic E-state index is 0.148. The minimum Gasteiger partial charge on any atom is -0.348 e. The summed E-state index contributed by atoms with van der Waals surface area (Å²) in [6.07, 6.45) is 5.92. The van der Waals surface area contributed by atoms with Gasteiger partial charge >= 0.3 is 0 Å². The van der Waals surface area contributed by atoms with Crippen LogP contribution >= 0.6 is 0 Å². The Morgan fingerprint density at radius 2 is 2.16 bits per heavy atom. The van der Waals surface area contributed by atoms with Crippen molar-refractivity contribution in [3.63, 3.8) is 0 Å². The van der Waals surface area contributed by atoms with Crippen LogP contribution in [0.2, 0.25) is 0 Å². The van der Waals surface area contributed by atoms with E-state index in [0.717, 1.165) is 43.4 Å². The van der Waals surface area contributed by atoms with E-state index < -0.39 is 0 Å². The van der Waals surface area contributed by atoms with Crippen molar-refractivity contribution < 1.29 is 4.79 Å². The lowest BCUT2D eigenvalue weighted by Gasteiger charge is -2.32. The van der Waals surface area contributed by atoms with E-state index in [9.17, 15) is 4.79 Å². The number of imidazole rings is 1. The maximum Gasteiger partial charge on any atom is 0.236 e. The van der Waals surface area contributed by atoms with Crippen molar-refractivity contribution in [2.75, 3.05) is 33.7 Å². The van der Waals surface area contributed by atoms with Gasteiger partial charge in [-0.2, -0.15) is 0 Å². The van der Waals surface area contributed by atoms with Crippen LogP contribution in [0.1, 0.15) is 36.2 Å². The first kappa shape index (κ1) is 17.6. The number of hydrogen-bond acceptors (Lipinski definition) is 5. The van der Waals surface area contributed by atoms with Crippen molar-refractivity contribution in [1.82, 2.24) is 34.1 Å². The van der Waals surface area contributed by atoms with Crippen molar-refractivity contribution in [1.29, 1.82) is 0 Å². The van der Waals surface area contributed by atoms with Gasteiger partial charge in [-0.1, -0.05) is 0 Å². The van der Waals surface area contributed by atoms with Crippen LogP contribution in [0.5, 0.6) is 0 Å². The third-order valence-corrected chi connectivity index (χ3v) is 4.96. The number of carbonyl (C=O) groups is 1. The topological polar surface area (TPSA) is 72.1 Å². The summed E-state index contributed by atoms with van der Waals surface area (Å²) in [4.78, 5) is 20.1. The first-order valence-electron chi connectivity index (χ1n) is 8.74. The lowest BCUT2D eigenvalue weighted by molar-refractivity contribution is -0.130. The zero-order valence-electron chi connectivity index (χ0n) is 15.5. The van der Waals surface area contributed by atoms with E-state index in [1.807, 2.05) is 20.2 Å². The van der Waals surface area contributed by atoms with Gasteiger partial charge in [0.2, 0.25) is 5.91 Å². The number of rotatable bonds is 5. The standard InChI is InChI=1S/C17H27N7O/c1-13-18-7-9-24(13)11-15-19-20-17(22(15)4)14-6-5-8-23(10-14)12-16(25)21(2)3/h7,9,14H,5-6,8,10-12H2,1-4H3/t14-/m0/s1. The molecular formula is C17H27N7O. The van der Waals surface area contributed by atoms with Crippen LogP contribution in [0, 0.1) is 6.92 Å². The van der Waals surface area contributed by atoms with E-state index in [1.54, 1.807) is 25.2 Å². The highest BCUT2D eigenvalue weighted by Crippen LogP contribution is 2.25. The van der Waals surface area contributed by atoms with Gasteiger partial charge in [-0.3, -0.25) is 9.69 Å². The molecule has 2 aromatic heterocycles. The summed E-state index contributed by atoms with van der Waals surface area (Å²) in [6, 6.07) is 0. The van der Waals surface area contributed by atoms with Gasteiger partial charge < -0.3 is 14.0 Å². The maximum atomic E-state index is 12.0. The summed E-state index contributed by atoms with van der Waals surface area (Å²) in [5.41, 5.74) is 0. The average molecular weight is 345 g/mol. The molecule has 0 saturated carbocycles. The van der Waals surface area contributed by atoms with Crippen molar-refractivity contribution in [3.8, 4) is 0 Å². The fourth-order valence-corrected chi connectivity index (χ4v) is 3.33. The molecule has 8 nitrogen and oxygen atoms in total. The molecule has 25 heavy (non-hydrogen) atoms.